The number of rotatable bonds is 18. The Labute approximate surface area is 332 Å². The molecule has 0 unspecified atom stereocenters. The number of benzene rings is 4. The fourth-order valence-corrected chi connectivity index (χ4v) is 6.73. The van der Waals surface area contributed by atoms with E-state index in [-0.39, 0.29) is 49.2 Å². The molecule has 0 aliphatic carbocycles. The molecule has 4 aromatic carbocycles. The van der Waals surface area contributed by atoms with Crippen LogP contribution in [0.3, 0.4) is 0 Å². The second kappa shape index (κ2) is 22.3. The van der Waals surface area contributed by atoms with E-state index < -0.39 is 41.5 Å². The number of phenols is 1. The van der Waals surface area contributed by atoms with Gasteiger partial charge in [-0.15, -0.1) is 0 Å². The van der Waals surface area contributed by atoms with E-state index in [0.717, 1.165) is 55.7 Å². The van der Waals surface area contributed by atoms with E-state index >= 15 is 0 Å². The minimum atomic E-state index is -4.91. The summed E-state index contributed by atoms with van der Waals surface area (Å²) in [7, 11) is -9.51. The van der Waals surface area contributed by atoms with Crippen LogP contribution >= 0.6 is 0 Å². The Morgan fingerprint density at radius 2 is 0.980 bits per heavy atom. The summed E-state index contributed by atoms with van der Waals surface area (Å²) in [5.41, 5.74) is 1.88. The van der Waals surface area contributed by atoms with Crippen LogP contribution in [0, 0.1) is 0 Å². The molecule has 13 heteroatoms. The first-order chi connectivity index (χ1) is 23.9. The van der Waals surface area contributed by atoms with Gasteiger partial charge in [0, 0.05) is 0 Å². The molecule has 0 spiro atoms. The van der Waals surface area contributed by atoms with Gasteiger partial charge in [-0.3, -0.25) is 4.55 Å². The van der Waals surface area contributed by atoms with E-state index in [0.29, 0.717) is 11.5 Å². The molecule has 0 aliphatic heterocycles. The van der Waals surface area contributed by atoms with Gasteiger partial charge >= 0.3 is 47.9 Å². The van der Waals surface area contributed by atoms with E-state index in [2.05, 4.69) is 13.8 Å². The number of aryl methyl sites for hydroxylation is 2. The Hall–Kier alpha value is -2.84. The number of aromatic hydroxyl groups is 1. The average molecular weight is 767 g/mol. The molecule has 0 saturated carbocycles. The number of para-hydroxylation sites is 2. The predicted octanol–water partition coefficient (Wildman–Crippen LogP) is 8.53. The monoisotopic (exact) mass is 766 g/mol. The molecule has 272 valence electrons. The normalized spacial score (nSPS) is 11.2. The molecule has 0 aliphatic rings. The van der Waals surface area contributed by atoms with Crippen molar-refractivity contribution in [2.45, 2.75) is 101 Å². The van der Waals surface area contributed by atoms with Gasteiger partial charge in [-0.25, -0.2) is 8.42 Å². The van der Waals surface area contributed by atoms with Gasteiger partial charge in [-0.05, 0) is 67.1 Å². The second-order valence-electron chi connectivity index (χ2n) is 11.9. The van der Waals surface area contributed by atoms with Crippen LogP contribution in [-0.2, 0) is 33.1 Å². The van der Waals surface area contributed by atoms with E-state index in [1.165, 1.54) is 68.9 Å². The van der Waals surface area contributed by atoms with Crippen molar-refractivity contribution in [2.75, 3.05) is 0 Å². The van der Waals surface area contributed by atoms with Crippen molar-refractivity contribution in [1.82, 2.24) is 0 Å². The minimum Gasteiger partial charge on any atom is -0.872 e. The smallest absolute Gasteiger partial charge is 0.872 e. The topological polar surface area (TPSA) is 173 Å². The quantitative estimate of drug-likeness (QED) is 0.0568. The Morgan fingerprint density at radius 3 is 1.43 bits per heavy atom. The molecular formula is C38H46CaO10S2. The summed E-state index contributed by atoms with van der Waals surface area (Å²) in [5.74, 6) is -0.731. The molecule has 0 bridgehead atoms. The van der Waals surface area contributed by atoms with Gasteiger partial charge in [0.2, 0.25) is 0 Å². The number of hydrogen-bond acceptors (Lipinski definition) is 9. The predicted molar refractivity (Wildman–Crippen MR) is 195 cm³/mol. The van der Waals surface area contributed by atoms with Crippen LogP contribution in [0.4, 0.5) is 0 Å². The van der Waals surface area contributed by atoms with Crippen LogP contribution in [0.2, 0.25) is 0 Å². The molecule has 2 N–H and O–H groups in total. The third-order valence-electron chi connectivity index (χ3n) is 7.89. The first-order valence-electron chi connectivity index (χ1n) is 16.9. The Morgan fingerprint density at radius 1 is 0.569 bits per heavy atom. The van der Waals surface area contributed by atoms with Crippen LogP contribution in [0.5, 0.6) is 34.5 Å². The molecule has 0 atom stereocenters. The summed E-state index contributed by atoms with van der Waals surface area (Å²) < 4.78 is 78.0. The zero-order chi connectivity index (χ0) is 36.6. The standard InChI is InChI=1S/2C19H24O5S.Ca/c2*1-2-3-4-5-6-10-15-11-7-8-13-17(15)24-18-14-9-12-16(20)19(18)25(21,22)23;/h2*7-9,11-14,20H,2-6,10H2,1H3,(H,21,22,23);/q;;+2/p-2. The van der Waals surface area contributed by atoms with E-state index in [9.17, 15) is 36.2 Å². The summed E-state index contributed by atoms with van der Waals surface area (Å²) in [4.78, 5) is -1.46. The van der Waals surface area contributed by atoms with Gasteiger partial charge in [0.25, 0.3) is 0 Å². The van der Waals surface area contributed by atoms with Gasteiger partial charge < -0.3 is 24.2 Å². The van der Waals surface area contributed by atoms with Crippen LogP contribution < -0.4 is 14.6 Å². The largest absolute Gasteiger partial charge is 2.00 e. The summed E-state index contributed by atoms with van der Waals surface area (Å²) in [6, 6.07) is 22.4. The van der Waals surface area contributed by atoms with Crippen molar-refractivity contribution in [3.8, 4) is 34.5 Å². The summed E-state index contributed by atoms with van der Waals surface area (Å²) in [6.07, 6.45) is 13.0. The van der Waals surface area contributed by atoms with Crippen molar-refractivity contribution in [1.29, 1.82) is 0 Å². The van der Waals surface area contributed by atoms with Gasteiger partial charge in [-0.1, -0.05) is 126 Å². The Bertz CT molecular complexity index is 1740. The molecule has 0 heterocycles. The first kappa shape index (κ1) is 44.3. The molecule has 0 amide bonds. The maximum atomic E-state index is 11.8. The van der Waals surface area contributed by atoms with Crippen LogP contribution in [0.1, 0.15) is 89.2 Å². The number of unbranched alkanes of at least 4 members (excludes halogenated alkanes) is 8. The zero-order valence-electron chi connectivity index (χ0n) is 29.3. The van der Waals surface area contributed by atoms with Crippen molar-refractivity contribution >= 4 is 58.0 Å². The summed E-state index contributed by atoms with van der Waals surface area (Å²) >= 11 is 0. The third-order valence-corrected chi connectivity index (χ3v) is 9.72. The Balaban J connectivity index is 0.000000347. The number of hydrogen-bond donors (Lipinski definition) is 2. The van der Waals surface area contributed by atoms with Crippen molar-refractivity contribution < 1.29 is 45.6 Å². The molecule has 4 rings (SSSR count). The van der Waals surface area contributed by atoms with E-state index in [1.807, 2.05) is 24.3 Å². The van der Waals surface area contributed by atoms with Gasteiger partial charge in [-0.2, -0.15) is 8.42 Å². The zero-order valence-corrected chi connectivity index (χ0v) is 33.1. The van der Waals surface area contributed by atoms with Crippen molar-refractivity contribution in [3.63, 3.8) is 0 Å². The van der Waals surface area contributed by atoms with Crippen LogP contribution in [-0.4, -0.2) is 68.8 Å². The van der Waals surface area contributed by atoms with Gasteiger partial charge in [0.1, 0.15) is 33.1 Å². The summed E-state index contributed by atoms with van der Waals surface area (Å²) in [5, 5.41) is 21.6. The van der Waals surface area contributed by atoms with E-state index in [1.54, 1.807) is 24.3 Å². The first-order valence-corrected chi connectivity index (χ1v) is 19.8. The molecule has 4 aromatic rings. The maximum Gasteiger partial charge on any atom is 2.00 e. The SMILES string of the molecule is CCCCCCCc1ccccc1Oc1cccc(O)c1S(=O)(=O)O.CCCCCCCc1ccccc1Oc1cccc([O-])c1S(=O)(=O)[O-].[Ca+2]. The molecular weight excluding hydrogens is 721 g/mol. The summed E-state index contributed by atoms with van der Waals surface area (Å²) in [6.45, 7) is 4.33. The second-order valence-corrected chi connectivity index (χ2v) is 14.5. The third kappa shape index (κ3) is 14.6. The maximum absolute atomic E-state index is 11.8. The Kier molecular flexibility index (Phi) is 19.4. The molecule has 0 saturated heterocycles. The van der Waals surface area contributed by atoms with Crippen LogP contribution in [0.15, 0.2) is 94.7 Å². The molecule has 10 nitrogen and oxygen atoms in total. The van der Waals surface area contributed by atoms with Crippen molar-refractivity contribution in [3.05, 3.63) is 96.1 Å². The molecule has 0 fully saturated rings. The van der Waals surface area contributed by atoms with Crippen molar-refractivity contribution in [2.24, 2.45) is 0 Å². The van der Waals surface area contributed by atoms with Gasteiger partial charge in [0.05, 0.1) is 4.90 Å². The minimum absolute atomic E-state index is 0. The number of phenolic OH excluding ortho intramolecular Hbond substituents is 1. The molecule has 51 heavy (non-hydrogen) atoms. The fourth-order valence-electron chi connectivity index (χ4n) is 5.36. The van der Waals surface area contributed by atoms with E-state index in [4.69, 9.17) is 9.47 Å². The van der Waals surface area contributed by atoms with Crippen LogP contribution in [0.25, 0.3) is 0 Å². The fraction of sp³-hybridized carbons (Fsp3) is 0.368. The number of ether oxygens (including phenoxy) is 2. The average Bonchev–Trinajstić information content (AvgIpc) is 3.05. The molecule has 0 aromatic heterocycles. The van der Waals surface area contributed by atoms with Gasteiger partial charge in [0.15, 0.2) is 10.6 Å². The molecule has 0 radical (unpaired) electrons.